The molecule has 9 heteroatoms. The fourth-order valence-corrected chi connectivity index (χ4v) is 10.6. The topological polar surface area (TPSA) is 149 Å². The van der Waals surface area contributed by atoms with Gasteiger partial charge in [-0.2, -0.15) is 0 Å². The number of nitrogens with one attached hydrogen (secondary N) is 1. The smallest absolute Gasteiger partial charge is 0.220 e. The van der Waals surface area contributed by atoms with Crippen LogP contribution in [0.25, 0.3) is 0 Å². The zero-order valence-corrected chi connectivity index (χ0v) is 47.7. The summed E-state index contributed by atoms with van der Waals surface area (Å²) in [5, 5.41) is 54.6. The predicted molar refractivity (Wildman–Crippen MR) is 304 cm³/mol. The Morgan fingerprint density at radius 3 is 1.08 bits per heavy atom. The fraction of sp³-hybridized carbons (Fsp3) is 0.952. The Bertz CT molecular complexity index is 1140. The Labute approximate surface area is 446 Å². The van der Waals surface area contributed by atoms with Gasteiger partial charge in [0.25, 0.3) is 0 Å². The molecule has 0 aliphatic carbocycles. The number of carbonyl (C=O) groups excluding carboxylic acids is 1. The number of unbranched alkanes of at least 4 members (excludes halogenated alkanes) is 46. The Morgan fingerprint density at radius 1 is 0.458 bits per heavy atom. The number of amides is 1. The molecule has 0 aromatic heterocycles. The van der Waals surface area contributed by atoms with Gasteiger partial charge in [-0.3, -0.25) is 4.79 Å². The van der Waals surface area contributed by atoms with Crippen LogP contribution >= 0.6 is 0 Å². The maximum absolute atomic E-state index is 13.1. The van der Waals surface area contributed by atoms with Gasteiger partial charge >= 0.3 is 0 Å². The van der Waals surface area contributed by atoms with Crippen LogP contribution in [-0.4, -0.2) is 87.5 Å². The summed E-state index contributed by atoms with van der Waals surface area (Å²) in [4.78, 5) is 13.1. The maximum atomic E-state index is 13.1. The second-order valence-corrected chi connectivity index (χ2v) is 22.6. The Balaban J connectivity index is 2.14. The second-order valence-electron chi connectivity index (χ2n) is 22.6. The van der Waals surface area contributed by atoms with E-state index in [-0.39, 0.29) is 12.5 Å². The first kappa shape index (κ1) is 68.9. The summed E-state index contributed by atoms with van der Waals surface area (Å²) in [6.45, 7) is 3.83. The van der Waals surface area contributed by atoms with E-state index >= 15 is 0 Å². The minimum atomic E-state index is -1.56. The van der Waals surface area contributed by atoms with Crippen molar-refractivity contribution >= 4 is 5.91 Å². The van der Waals surface area contributed by atoms with Crippen molar-refractivity contribution < 1.29 is 39.8 Å². The monoisotopic (exact) mass is 1020 g/mol. The molecule has 6 N–H and O–H groups in total. The second kappa shape index (κ2) is 53.3. The lowest BCUT2D eigenvalue weighted by molar-refractivity contribution is -0.302. The lowest BCUT2D eigenvalue weighted by atomic mass is 9.99. The van der Waals surface area contributed by atoms with Gasteiger partial charge in [-0.1, -0.05) is 315 Å². The molecule has 1 rings (SSSR count). The van der Waals surface area contributed by atoms with E-state index < -0.39 is 49.5 Å². The average Bonchev–Trinajstić information content (AvgIpc) is 3.38. The highest BCUT2D eigenvalue weighted by Crippen LogP contribution is 2.23. The zero-order valence-electron chi connectivity index (χ0n) is 47.7. The minimum absolute atomic E-state index is 0.169. The van der Waals surface area contributed by atoms with Crippen molar-refractivity contribution in [2.45, 2.75) is 371 Å². The summed E-state index contributed by atoms with van der Waals surface area (Å²) in [6.07, 6.45) is 60.2. The summed E-state index contributed by atoms with van der Waals surface area (Å²) in [7, 11) is 0. The highest BCUT2D eigenvalue weighted by Gasteiger charge is 2.44. The molecule has 7 unspecified atom stereocenters. The van der Waals surface area contributed by atoms with Gasteiger partial charge in [-0.05, 0) is 19.3 Å². The van der Waals surface area contributed by atoms with E-state index in [1.807, 2.05) is 6.08 Å². The summed E-state index contributed by atoms with van der Waals surface area (Å²) in [5.41, 5.74) is 0. The van der Waals surface area contributed by atoms with Gasteiger partial charge < -0.3 is 40.3 Å². The molecule has 1 saturated heterocycles. The SMILES string of the molecule is CCCCCCCCCCCCCCCCCCCCCCCCCCCCCCC/C=C/C(O)C(COC1OC(CO)C(O)C(O)C1O)NC(=O)CCCCCCCCCCCCCCCCCCCC. The molecule has 0 aromatic rings. The van der Waals surface area contributed by atoms with Crippen molar-refractivity contribution in [3.8, 4) is 0 Å². The number of aliphatic hydroxyl groups is 5. The Kier molecular flexibility index (Phi) is 51.1. The van der Waals surface area contributed by atoms with Crippen LogP contribution in [0.1, 0.15) is 328 Å². The van der Waals surface area contributed by atoms with Crippen LogP contribution in [0, 0.1) is 0 Å². The lowest BCUT2D eigenvalue weighted by Crippen LogP contribution is -2.60. The summed E-state index contributed by atoms with van der Waals surface area (Å²) in [5.74, 6) is -0.169. The first-order valence-electron chi connectivity index (χ1n) is 31.9. The molecule has 1 fully saturated rings. The Hall–Kier alpha value is -1.07. The van der Waals surface area contributed by atoms with Gasteiger partial charge in [0.15, 0.2) is 6.29 Å². The molecule has 9 nitrogen and oxygen atoms in total. The van der Waals surface area contributed by atoms with Crippen LogP contribution in [0.15, 0.2) is 12.2 Å². The van der Waals surface area contributed by atoms with Gasteiger partial charge in [0, 0.05) is 6.42 Å². The minimum Gasteiger partial charge on any atom is -0.394 e. The quantitative estimate of drug-likeness (QED) is 0.0261. The first-order valence-corrected chi connectivity index (χ1v) is 31.9. The van der Waals surface area contributed by atoms with Gasteiger partial charge in [-0.25, -0.2) is 0 Å². The highest BCUT2D eigenvalue weighted by atomic mass is 16.7. The van der Waals surface area contributed by atoms with E-state index in [0.29, 0.717) is 6.42 Å². The first-order chi connectivity index (χ1) is 35.3. The molecule has 1 aliphatic heterocycles. The standard InChI is InChI=1S/C63H123NO8/c1-3-5-7-9-11-13-15-17-19-21-23-24-25-26-27-28-29-30-31-32-33-34-35-36-38-40-42-44-46-48-50-52-57(66)56(55-71-63-62(70)61(69)60(68)58(54-65)72-63)64-59(67)53-51-49-47-45-43-41-39-37-22-20-18-16-14-12-10-8-6-4-2/h50,52,56-58,60-63,65-66,68-70H,3-49,51,53-55H2,1-2H3,(H,64,67)/b52-50+. The van der Waals surface area contributed by atoms with E-state index in [9.17, 15) is 30.3 Å². The number of rotatable bonds is 56. The van der Waals surface area contributed by atoms with Crippen LogP contribution in [-0.2, 0) is 14.3 Å². The lowest BCUT2D eigenvalue weighted by Gasteiger charge is -2.40. The molecular weight excluding hydrogens is 899 g/mol. The van der Waals surface area contributed by atoms with E-state index in [4.69, 9.17) is 9.47 Å². The van der Waals surface area contributed by atoms with Crippen molar-refractivity contribution in [3.05, 3.63) is 12.2 Å². The largest absolute Gasteiger partial charge is 0.394 e. The summed E-state index contributed by atoms with van der Waals surface area (Å²) >= 11 is 0. The van der Waals surface area contributed by atoms with Crippen LogP contribution in [0.2, 0.25) is 0 Å². The molecule has 0 spiro atoms. The average molecular weight is 1020 g/mol. The molecule has 72 heavy (non-hydrogen) atoms. The van der Waals surface area contributed by atoms with Crippen molar-refractivity contribution in [3.63, 3.8) is 0 Å². The van der Waals surface area contributed by atoms with E-state index in [1.165, 1.54) is 270 Å². The summed E-state index contributed by atoms with van der Waals surface area (Å²) < 4.78 is 11.3. The number of hydrogen-bond donors (Lipinski definition) is 6. The van der Waals surface area contributed by atoms with E-state index in [2.05, 4.69) is 19.2 Å². The number of hydrogen-bond acceptors (Lipinski definition) is 8. The molecule has 0 saturated carbocycles. The van der Waals surface area contributed by atoms with E-state index in [0.717, 1.165) is 38.5 Å². The van der Waals surface area contributed by atoms with Crippen LogP contribution < -0.4 is 5.32 Å². The van der Waals surface area contributed by atoms with Crippen LogP contribution in [0.4, 0.5) is 0 Å². The van der Waals surface area contributed by atoms with Gasteiger partial charge in [-0.15, -0.1) is 0 Å². The van der Waals surface area contributed by atoms with Gasteiger partial charge in [0.1, 0.15) is 24.4 Å². The Morgan fingerprint density at radius 2 is 0.764 bits per heavy atom. The molecule has 428 valence electrons. The highest BCUT2D eigenvalue weighted by molar-refractivity contribution is 5.76. The van der Waals surface area contributed by atoms with Gasteiger partial charge in [0.05, 0.1) is 25.4 Å². The zero-order chi connectivity index (χ0) is 52.2. The number of ether oxygens (including phenoxy) is 2. The van der Waals surface area contributed by atoms with Crippen molar-refractivity contribution in [2.75, 3.05) is 13.2 Å². The van der Waals surface area contributed by atoms with Crippen molar-refractivity contribution in [1.82, 2.24) is 5.32 Å². The van der Waals surface area contributed by atoms with E-state index in [1.54, 1.807) is 6.08 Å². The normalized spacial score (nSPS) is 19.1. The third-order valence-corrected chi connectivity index (χ3v) is 15.6. The van der Waals surface area contributed by atoms with Crippen molar-refractivity contribution in [1.29, 1.82) is 0 Å². The van der Waals surface area contributed by atoms with Crippen LogP contribution in [0.5, 0.6) is 0 Å². The summed E-state index contributed by atoms with van der Waals surface area (Å²) in [6, 6.07) is -0.801. The van der Waals surface area contributed by atoms with Crippen molar-refractivity contribution in [2.24, 2.45) is 0 Å². The molecule has 0 aromatic carbocycles. The molecule has 1 amide bonds. The third kappa shape index (κ3) is 42.1. The molecule has 0 radical (unpaired) electrons. The fourth-order valence-electron chi connectivity index (χ4n) is 10.6. The molecular formula is C63H123NO8. The molecule has 7 atom stereocenters. The third-order valence-electron chi connectivity index (χ3n) is 15.6. The van der Waals surface area contributed by atoms with Gasteiger partial charge in [0.2, 0.25) is 5.91 Å². The number of aliphatic hydroxyl groups excluding tert-OH is 5. The molecule has 1 aliphatic rings. The molecule has 1 heterocycles. The number of allylic oxidation sites excluding steroid dienone is 1. The number of carbonyl (C=O) groups is 1. The maximum Gasteiger partial charge on any atom is 0.220 e. The van der Waals surface area contributed by atoms with Crippen LogP contribution in [0.3, 0.4) is 0 Å². The predicted octanol–water partition coefficient (Wildman–Crippen LogP) is 16.4. The molecule has 0 bridgehead atoms.